The summed E-state index contributed by atoms with van der Waals surface area (Å²) in [7, 11) is 0. The average molecular weight is 946 g/mol. The molecule has 1 unspecified atom stereocenters. The monoisotopic (exact) mass is 945 g/mol. The summed E-state index contributed by atoms with van der Waals surface area (Å²) in [5.41, 5.74) is 0. The van der Waals surface area contributed by atoms with Gasteiger partial charge in [0.15, 0.2) is 6.10 Å². The lowest BCUT2D eigenvalue weighted by Gasteiger charge is -2.18. The molecule has 0 fully saturated rings. The second-order valence-corrected chi connectivity index (χ2v) is 18.5. The van der Waals surface area contributed by atoms with Gasteiger partial charge in [-0.05, 0) is 116 Å². The third kappa shape index (κ3) is 53.3. The summed E-state index contributed by atoms with van der Waals surface area (Å²) in [6, 6.07) is 0. The molecular weight excluding hydrogens is 841 g/mol. The van der Waals surface area contributed by atoms with Crippen molar-refractivity contribution in [3.05, 3.63) is 97.2 Å². The van der Waals surface area contributed by atoms with E-state index in [1.54, 1.807) is 0 Å². The second-order valence-electron chi connectivity index (χ2n) is 18.5. The van der Waals surface area contributed by atoms with Gasteiger partial charge in [0.2, 0.25) is 0 Å². The summed E-state index contributed by atoms with van der Waals surface area (Å²) < 4.78 is 16.8. The Balaban J connectivity index is 4.48. The van der Waals surface area contributed by atoms with Crippen molar-refractivity contribution in [1.29, 1.82) is 0 Å². The van der Waals surface area contributed by atoms with E-state index in [0.29, 0.717) is 19.3 Å². The van der Waals surface area contributed by atoms with E-state index in [9.17, 15) is 14.4 Å². The molecule has 0 rings (SSSR count). The van der Waals surface area contributed by atoms with Crippen LogP contribution in [0.25, 0.3) is 0 Å². The van der Waals surface area contributed by atoms with Crippen molar-refractivity contribution in [2.75, 3.05) is 13.2 Å². The van der Waals surface area contributed by atoms with Crippen LogP contribution >= 0.6 is 0 Å². The molecule has 0 spiro atoms. The molecule has 0 aliphatic rings. The molecule has 0 aromatic heterocycles. The number of ether oxygens (including phenoxy) is 3. The van der Waals surface area contributed by atoms with Gasteiger partial charge in [-0.1, -0.05) is 221 Å². The van der Waals surface area contributed by atoms with Crippen LogP contribution in [0.1, 0.15) is 258 Å². The fraction of sp³-hybridized carbons (Fsp3) is 0.694. The molecule has 0 radical (unpaired) electrons. The molecule has 0 bridgehead atoms. The van der Waals surface area contributed by atoms with Crippen molar-refractivity contribution >= 4 is 17.9 Å². The zero-order chi connectivity index (χ0) is 49.3. The van der Waals surface area contributed by atoms with Crippen LogP contribution < -0.4 is 0 Å². The first-order valence-electron chi connectivity index (χ1n) is 28.2. The van der Waals surface area contributed by atoms with Crippen LogP contribution in [0.2, 0.25) is 0 Å². The molecule has 0 heterocycles. The lowest BCUT2D eigenvalue weighted by molar-refractivity contribution is -0.167. The smallest absolute Gasteiger partial charge is 0.306 e. The second kappa shape index (κ2) is 55.9. The molecule has 388 valence electrons. The maximum Gasteiger partial charge on any atom is 0.306 e. The third-order valence-corrected chi connectivity index (χ3v) is 11.8. The van der Waals surface area contributed by atoms with Gasteiger partial charge >= 0.3 is 17.9 Å². The molecule has 0 saturated heterocycles. The summed E-state index contributed by atoms with van der Waals surface area (Å²) in [4.78, 5) is 38.1. The first-order chi connectivity index (χ1) is 33.5. The standard InChI is InChI=1S/C62H104O6/c1-4-7-10-13-16-19-22-25-28-30-31-33-34-37-40-43-46-49-52-55-61(64)67-58-59(57-66-60(63)54-51-48-45-42-39-36-27-24-21-18-15-12-9-6-3)68-62(65)56-53-50-47-44-41-38-35-32-29-26-23-20-17-14-11-8-5-2/h7,10,16-17,19-20,25-26,28-29,35-36,38-39,44,47,59H,4-6,8-9,11-15,18,21-24,27,30-34,37,40-43,45-46,48-58H2,1-3H3/b10-7-,19-16-,20-17-,28-25-,29-26-,38-35-,39-36-,47-44-. The summed E-state index contributed by atoms with van der Waals surface area (Å²) in [5, 5.41) is 0. The van der Waals surface area contributed by atoms with Gasteiger partial charge in [0.05, 0.1) is 0 Å². The van der Waals surface area contributed by atoms with E-state index >= 15 is 0 Å². The Morgan fingerprint density at radius 1 is 0.309 bits per heavy atom. The highest BCUT2D eigenvalue weighted by Crippen LogP contribution is 2.14. The number of hydrogen-bond acceptors (Lipinski definition) is 6. The van der Waals surface area contributed by atoms with Gasteiger partial charge in [0.25, 0.3) is 0 Å². The van der Waals surface area contributed by atoms with Crippen molar-refractivity contribution in [2.24, 2.45) is 0 Å². The van der Waals surface area contributed by atoms with Gasteiger partial charge in [0.1, 0.15) is 13.2 Å². The lowest BCUT2D eigenvalue weighted by Crippen LogP contribution is -2.30. The summed E-state index contributed by atoms with van der Waals surface area (Å²) in [5.74, 6) is -0.983. The number of rotatable bonds is 50. The number of carbonyl (C=O) groups is 3. The van der Waals surface area contributed by atoms with Crippen LogP contribution in [0.4, 0.5) is 0 Å². The van der Waals surface area contributed by atoms with Crippen LogP contribution in [0.5, 0.6) is 0 Å². The quantitative estimate of drug-likeness (QED) is 0.0262. The molecule has 0 saturated carbocycles. The van der Waals surface area contributed by atoms with E-state index in [2.05, 4.69) is 118 Å². The molecule has 68 heavy (non-hydrogen) atoms. The van der Waals surface area contributed by atoms with E-state index in [0.717, 1.165) is 96.3 Å². The van der Waals surface area contributed by atoms with Crippen LogP contribution in [0.3, 0.4) is 0 Å². The van der Waals surface area contributed by atoms with E-state index in [1.807, 2.05) is 0 Å². The lowest BCUT2D eigenvalue weighted by atomic mass is 10.1. The zero-order valence-electron chi connectivity index (χ0n) is 44.3. The number of allylic oxidation sites excluding steroid dienone is 16. The molecule has 0 amide bonds. The predicted molar refractivity (Wildman–Crippen MR) is 293 cm³/mol. The average Bonchev–Trinajstić information content (AvgIpc) is 3.34. The summed E-state index contributed by atoms with van der Waals surface area (Å²) >= 11 is 0. The minimum absolute atomic E-state index is 0.107. The van der Waals surface area contributed by atoms with Gasteiger partial charge in [-0.25, -0.2) is 0 Å². The highest BCUT2D eigenvalue weighted by atomic mass is 16.6. The fourth-order valence-corrected chi connectivity index (χ4v) is 7.56. The predicted octanol–water partition coefficient (Wildman–Crippen LogP) is 18.9. The van der Waals surface area contributed by atoms with Crippen LogP contribution in [-0.4, -0.2) is 37.2 Å². The van der Waals surface area contributed by atoms with E-state index in [4.69, 9.17) is 14.2 Å². The van der Waals surface area contributed by atoms with Crippen molar-refractivity contribution < 1.29 is 28.6 Å². The first-order valence-corrected chi connectivity index (χ1v) is 28.2. The molecule has 1 atom stereocenters. The highest BCUT2D eigenvalue weighted by molar-refractivity contribution is 5.71. The molecule has 0 aromatic rings. The minimum Gasteiger partial charge on any atom is -0.462 e. The van der Waals surface area contributed by atoms with Crippen molar-refractivity contribution in [2.45, 2.75) is 264 Å². The molecule has 0 aliphatic carbocycles. The zero-order valence-corrected chi connectivity index (χ0v) is 44.3. The van der Waals surface area contributed by atoms with E-state index < -0.39 is 6.10 Å². The van der Waals surface area contributed by atoms with Crippen LogP contribution in [-0.2, 0) is 28.6 Å². The van der Waals surface area contributed by atoms with Crippen molar-refractivity contribution in [1.82, 2.24) is 0 Å². The molecule has 6 nitrogen and oxygen atoms in total. The van der Waals surface area contributed by atoms with Crippen molar-refractivity contribution in [3.8, 4) is 0 Å². The first kappa shape index (κ1) is 64.3. The Morgan fingerprint density at radius 3 is 1.00 bits per heavy atom. The van der Waals surface area contributed by atoms with Gasteiger partial charge < -0.3 is 14.2 Å². The Morgan fingerprint density at radius 2 is 0.588 bits per heavy atom. The van der Waals surface area contributed by atoms with Crippen LogP contribution in [0, 0.1) is 0 Å². The molecule has 0 N–H and O–H groups in total. The van der Waals surface area contributed by atoms with E-state index in [1.165, 1.54) is 116 Å². The molecule has 6 heteroatoms. The maximum absolute atomic E-state index is 12.8. The van der Waals surface area contributed by atoms with E-state index in [-0.39, 0.29) is 37.5 Å². The Labute approximate surface area is 419 Å². The van der Waals surface area contributed by atoms with Crippen molar-refractivity contribution in [3.63, 3.8) is 0 Å². The SMILES string of the molecule is CC/C=C\C/C=C\C/C=C\CCCCCCCCCCCC(=O)OCC(COC(=O)CCCCC/C=C\CCCCCCCCC)OC(=O)CCC/C=C\C/C=C\C/C=C\C/C=C\CCCCC. The summed E-state index contributed by atoms with van der Waals surface area (Å²) in [6.45, 7) is 6.44. The number of hydrogen-bond donors (Lipinski definition) is 0. The maximum atomic E-state index is 12.8. The van der Waals surface area contributed by atoms with Gasteiger partial charge in [-0.2, -0.15) is 0 Å². The Bertz CT molecular complexity index is 1360. The topological polar surface area (TPSA) is 78.9 Å². The highest BCUT2D eigenvalue weighted by Gasteiger charge is 2.19. The molecule has 0 aliphatic heterocycles. The normalized spacial score (nSPS) is 12.8. The van der Waals surface area contributed by atoms with Gasteiger partial charge in [-0.15, -0.1) is 0 Å². The van der Waals surface area contributed by atoms with Gasteiger partial charge in [-0.3, -0.25) is 14.4 Å². The Hall–Kier alpha value is -3.67. The Kier molecular flexibility index (Phi) is 52.9. The number of esters is 3. The summed E-state index contributed by atoms with van der Waals surface area (Å²) in [6.07, 6.45) is 74.0. The number of carbonyl (C=O) groups excluding carboxylic acids is 3. The van der Waals surface area contributed by atoms with Crippen LogP contribution in [0.15, 0.2) is 97.2 Å². The largest absolute Gasteiger partial charge is 0.462 e. The molecule has 0 aromatic carbocycles. The minimum atomic E-state index is -0.815. The molecular formula is C62H104O6. The van der Waals surface area contributed by atoms with Gasteiger partial charge in [0, 0.05) is 19.3 Å². The fourth-order valence-electron chi connectivity index (χ4n) is 7.56. The third-order valence-electron chi connectivity index (χ3n) is 11.8. The number of unbranched alkanes of at least 4 members (excludes halogenated alkanes) is 23.